The summed E-state index contributed by atoms with van der Waals surface area (Å²) < 4.78 is 8.30. The number of hydrogen-bond acceptors (Lipinski definition) is 4. The Morgan fingerprint density at radius 2 is 1.74 bits per heavy atom. The largest absolute Gasteiger partial charge is 0.461 e. The van der Waals surface area contributed by atoms with E-state index in [0.717, 1.165) is 48.4 Å². The summed E-state index contributed by atoms with van der Waals surface area (Å²) in [5.41, 5.74) is 4.04. The van der Waals surface area contributed by atoms with Gasteiger partial charge in [0, 0.05) is 24.3 Å². The molecule has 0 radical (unpaired) electrons. The minimum absolute atomic E-state index is 0.0136. The van der Waals surface area contributed by atoms with E-state index in [4.69, 9.17) is 9.72 Å². The highest BCUT2D eigenvalue weighted by Gasteiger charge is 2.35. The number of esters is 1. The number of carbonyl (C=O) groups is 1. The van der Waals surface area contributed by atoms with Crippen LogP contribution < -0.4 is 4.90 Å². The van der Waals surface area contributed by atoms with Gasteiger partial charge < -0.3 is 14.2 Å². The molecular formula is C30H41N3O2. The smallest absolute Gasteiger partial charge is 0.329 e. The van der Waals surface area contributed by atoms with Crippen LogP contribution in [0.15, 0.2) is 48.5 Å². The van der Waals surface area contributed by atoms with Crippen molar-refractivity contribution in [2.75, 3.05) is 18.0 Å². The topological polar surface area (TPSA) is 47.4 Å². The van der Waals surface area contributed by atoms with Crippen LogP contribution in [0.3, 0.4) is 0 Å². The average molecular weight is 476 g/mol. The zero-order chi connectivity index (χ0) is 25.1. The minimum atomic E-state index is -0.468. The van der Waals surface area contributed by atoms with Gasteiger partial charge in [-0.05, 0) is 87.8 Å². The van der Waals surface area contributed by atoms with Crippen LogP contribution in [0, 0.1) is 17.8 Å². The van der Waals surface area contributed by atoms with Crippen LogP contribution in [-0.2, 0) is 9.53 Å². The van der Waals surface area contributed by atoms with E-state index in [1.54, 1.807) is 0 Å². The summed E-state index contributed by atoms with van der Waals surface area (Å²) in [6.45, 7) is 15.0. The molecule has 5 heteroatoms. The fourth-order valence-corrected chi connectivity index (χ4v) is 5.65. The molecule has 1 unspecified atom stereocenters. The Bertz CT molecular complexity index is 1130. The number of hydrogen-bond donors (Lipinski definition) is 0. The molecular weight excluding hydrogens is 434 g/mol. The second-order valence-electron chi connectivity index (χ2n) is 10.5. The molecule has 0 N–H and O–H groups in total. The van der Waals surface area contributed by atoms with Crippen LogP contribution in [-0.4, -0.2) is 34.7 Å². The summed E-state index contributed by atoms with van der Waals surface area (Å²) in [6, 6.07) is 16.1. The number of nitrogens with zero attached hydrogens (tertiary/aromatic N) is 3. The Morgan fingerprint density at radius 3 is 2.40 bits per heavy atom. The van der Waals surface area contributed by atoms with Gasteiger partial charge in [0.15, 0.2) is 0 Å². The first kappa shape index (κ1) is 25.3. The predicted octanol–water partition coefficient (Wildman–Crippen LogP) is 7.11. The third kappa shape index (κ3) is 5.24. The minimum Gasteiger partial charge on any atom is -0.461 e. The maximum Gasteiger partial charge on any atom is 0.329 e. The van der Waals surface area contributed by atoms with Gasteiger partial charge in [-0.15, -0.1) is 0 Å². The van der Waals surface area contributed by atoms with Crippen molar-refractivity contribution >= 4 is 22.7 Å². The Hall–Kier alpha value is -2.82. The third-order valence-corrected chi connectivity index (χ3v) is 7.81. The molecule has 4 rings (SSSR count). The number of para-hydroxylation sites is 2. The lowest BCUT2D eigenvalue weighted by Gasteiger charge is -2.37. The van der Waals surface area contributed by atoms with Gasteiger partial charge in [-0.25, -0.2) is 9.78 Å². The van der Waals surface area contributed by atoms with Crippen molar-refractivity contribution in [2.24, 2.45) is 17.8 Å². The Kier molecular flexibility index (Phi) is 7.83. The van der Waals surface area contributed by atoms with Crippen LogP contribution in [0.1, 0.15) is 66.8 Å². The number of ether oxygens (including phenoxy) is 1. The summed E-state index contributed by atoms with van der Waals surface area (Å²) in [6.07, 6.45) is 3.28. The number of carbonyl (C=O) groups excluding carboxylic acids is 1. The molecule has 1 aliphatic carbocycles. The molecule has 0 spiro atoms. The van der Waals surface area contributed by atoms with Gasteiger partial charge in [-0.1, -0.05) is 39.3 Å². The molecule has 188 valence electrons. The van der Waals surface area contributed by atoms with E-state index in [-0.39, 0.29) is 12.1 Å². The Balaban J connectivity index is 1.66. The van der Waals surface area contributed by atoms with Crippen LogP contribution in [0.2, 0.25) is 0 Å². The maximum absolute atomic E-state index is 13.6. The number of benzene rings is 2. The van der Waals surface area contributed by atoms with E-state index in [2.05, 4.69) is 68.4 Å². The summed E-state index contributed by atoms with van der Waals surface area (Å²) in [5.74, 6) is 2.16. The number of imidazole rings is 1. The van der Waals surface area contributed by atoms with Gasteiger partial charge in [0.25, 0.3) is 0 Å². The summed E-state index contributed by atoms with van der Waals surface area (Å²) in [5, 5.41) is 0. The predicted molar refractivity (Wildman–Crippen MR) is 145 cm³/mol. The average Bonchev–Trinajstić information content (AvgIpc) is 3.24. The molecule has 1 aromatic heterocycles. The molecule has 35 heavy (non-hydrogen) atoms. The second-order valence-corrected chi connectivity index (χ2v) is 10.5. The molecule has 1 aliphatic rings. The van der Waals surface area contributed by atoms with Crippen molar-refractivity contribution < 1.29 is 9.53 Å². The molecule has 1 saturated carbocycles. The van der Waals surface area contributed by atoms with Gasteiger partial charge in [0.2, 0.25) is 0 Å². The van der Waals surface area contributed by atoms with E-state index >= 15 is 0 Å². The fourth-order valence-electron chi connectivity index (χ4n) is 5.65. The van der Waals surface area contributed by atoms with Gasteiger partial charge >= 0.3 is 5.97 Å². The molecule has 1 fully saturated rings. The second kappa shape index (κ2) is 10.8. The first-order valence-corrected chi connectivity index (χ1v) is 13.4. The van der Waals surface area contributed by atoms with E-state index in [9.17, 15) is 4.79 Å². The lowest BCUT2D eigenvalue weighted by Crippen LogP contribution is -2.37. The molecule has 3 aromatic rings. The molecule has 0 bridgehead atoms. The van der Waals surface area contributed by atoms with Crippen LogP contribution in [0.25, 0.3) is 22.4 Å². The van der Waals surface area contributed by atoms with Crippen LogP contribution >= 0.6 is 0 Å². The van der Waals surface area contributed by atoms with Crippen molar-refractivity contribution in [3.63, 3.8) is 0 Å². The van der Waals surface area contributed by atoms with Crippen LogP contribution in [0.4, 0.5) is 5.69 Å². The maximum atomic E-state index is 13.6. The van der Waals surface area contributed by atoms with Gasteiger partial charge in [-0.3, -0.25) is 0 Å². The van der Waals surface area contributed by atoms with E-state index in [1.165, 1.54) is 12.1 Å². The summed E-state index contributed by atoms with van der Waals surface area (Å²) in [4.78, 5) is 20.8. The molecule has 5 nitrogen and oxygen atoms in total. The van der Waals surface area contributed by atoms with Gasteiger partial charge in [0.05, 0.1) is 11.0 Å². The summed E-state index contributed by atoms with van der Waals surface area (Å²) in [7, 11) is 0. The molecule has 0 amide bonds. The van der Waals surface area contributed by atoms with Crippen molar-refractivity contribution in [1.82, 2.24) is 9.55 Å². The highest BCUT2D eigenvalue weighted by molar-refractivity contribution is 5.85. The highest BCUT2D eigenvalue weighted by Crippen LogP contribution is 2.37. The molecule has 0 aliphatic heterocycles. The lowest BCUT2D eigenvalue weighted by atomic mass is 9.75. The normalized spacial score (nSPS) is 21.3. The Labute approximate surface area is 210 Å². The molecule has 4 atom stereocenters. The first-order chi connectivity index (χ1) is 16.8. The number of anilines is 1. The standard InChI is InChI=1S/C30H41N3O2/c1-7-32(8-2)24-16-14-23(15-17-24)29-31-26-11-9-10-12-27(26)33(29)22(6)30(34)35-28-19-21(5)13-18-25(28)20(3)4/h9-12,14-17,20-22,25,28H,7-8,13,18-19H2,1-6H3/t21?,22-,25+,28-/m1/s1. The van der Waals surface area contributed by atoms with E-state index < -0.39 is 6.04 Å². The Morgan fingerprint density at radius 1 is 1.06 bits per heavy atom. The number of rotatable bonds is 8. The van der Waals surface area contributed by atoms with Crippen molar-refractivity contribution in [3.8, 4) is 11.4 Å². The zero-order valence-corrected chi connectivity index (χ0v) is 22.2. The lowest BCUT2D eigenvalue weighted by molar-refractivity contribution is -0.159. The molecule has 0 saturated heterocycles. The first-order valence-electron chi connectivity index (χ1n) is 13.4. The van der Waals surface area contributed by atoms with Gasteiger partial charge in [0.1, 0.15) is 18.0 Å². The number of fused-ring (bicyclic) bond motifs is 1. The SMILES string of the molecule is CCN(CC)c1ccc(-c2nc3ccccc3n2[C@H](C)C(=O)O[C@@H]2CC(C)CC[C@H]2C(C)C)cc1. The van der Waals surface area contributed by atoms with Crippen molar-refractivity contribution in [1.29, 1.82) is 0 Å². The quantitative estimate of drug-likeness (QED) is 0.326. The monoisotopic (exact) mass is 475 g/mol. The summed E-state index contributed by atoms with van der Waals surface area (Å²) >= 11 is 0. The molecule has 2 aromatic carbocycles. The molecule has 1 heterocycles. The zero-order valence-electron chi connectivity index (χ0n) is 22.2. The fraction of sp³-hybridized carbons (Fsp3) is 0.533. The van der Waals surface area contributed by atoms with E-state index in [1.807, 2.05) is 31.2 Å². The van der Waals surface area contributed by atoms with E-state index in [0.29, 0.717) is 17.8 Å². The van der Waals surface area contributed by atoms with Crippen LogP contribution in [0.5, 0.6) is 0 Å². The highest BCUT2D eigenvalue weighted by atomic mass is 16.5. The number of aromatic nitrogens is 2. The van der Waals surface area contributed by atoms with Crippen molar-refractivity contribution in [2.45, 2.75) is 73.0 Å². The van der Waals surface area contributed by atoms with Crippen molar-refractivity contribution in [3.05, 3.63) is 48.5 Å². The van der Waals surface area contributed by atoms with Gasteiger partial charge in [-0.2, -0.15) is 0 Å². The third-order valence-electron chi connectivity index (χ3n) is 7.81.